The molecule has 148 valence electrons. The lowest BCUT2D eigenvalue weighted by Crippen LogP contribution is -2.18. The predicted molar refractivity (Wildman–Crippen MR) is 114 cm³/mol. The van der Waals surface area contributed by atoms with Gasteiger partial charge in [0.05, 0.1) is 16.5 Å². The van der Waals surface area contributed by atoms with E-state index in [1.54, 1.807) is 24.3 Å². The molecule has 3 N–H and O–H groups in total. The van der Waals surface area contributed by atoms with Gasteiger partial charge in [0.2, 0.25) is 5.91 Å². The number of nitrogens with two attached hydrogens (primary N) is 1. The zero-order valence-electron chi connectivity index (χ0n) is 15.9. The number of hydrogen-bond donors (Lipinski definition) is 2. The zero-order chi connectivity index (χ0) is 20.5. The summed E-state index contributed by atoms with van der Waals surface area (Å²) in [7, 11) is 0. The van der Waals surface area contributed by atoms with Crippen molar-refractivity contribution in [3.05, 3.63) is 68.4 Å². The van der Waals surface area contributed by atoms with Crippen LogP contribution in [0.4, 0.5) is 5.00 Å². The first-order valence-corrected chi connectivity index (χ1v) is 10.2. The summed E-state index contributed by atoms with van der Waals surface area (Å²) in [6, 6.07) is 6.92. The van der Waals surface area contributed by atoms with Crippen molar-refractivity contribution in [3.63, 3.8) is 0 Å². The maximum Gasteiger partial charge on any atom is 0.251 e. The number of para-hydroxylation sites is 1. The SMILES string of the molecule is CC1CCc2c(sc(NC(=O)/C=C/c3coc4ccccc4c3=O)c2C(N)=O)C1. The lowest BCUT2D eigenvalue weighted by atomic mass is 9.88. The van der Waals surface area contributed by atoms with Crippen LogP contribution in [0.15, 0.2) is 45.8 Å². The van der Waals surface area contributed by atoms with Crippen molar-refractivity contribution < 1.29 is 14.0 Å². The highest BCUT2D eigenvalue weighted by molar-refractivity contribution is 7.17. The lowest BCUT2D eigenvalue weighted by molar-refractivity contribution is -0.111. The van der Waals surface area contributed by atoms with Crippen molar-refractivity contribution in [1.82, 2.24) is 0 Å². The van der Waals surface area contributed by atoms with Crippen molar-refractivity contribution in [3.8, 4) is 0 Å². The Labute approximate surface area is 171 Å². The van der Waals surface area contributed by atoms with E-state index in [0.29, 0.717) is 27.5 Å². The van der Waals surface area contributed by atoms with Gasteiger partial charge in [-0.05, 0) is 49.0 Å². The summed E-state index contributed by atoms with van der Waals surface area (Å²) in [6.45, 7) is 2.17. The lowest BCUT2D eigenvalue weighted by Gasteiger charge is -2.18. The Bertz CT molecular complexity index is 1210. The Morgan fingerprint density at radius 3 is 2.90 bits per heavy atom. The average Bonchev–Trinajstić information content (AvgIpc) is 3.04. The van der Waals surface area contributed by atoms with Gasteiger partial charge in [0.15, 0.2) is 5.43 Å². The molecule has 1 unspecified atom stereocenters. The van der Waals surface area contributed by atoms with E-state index in [-0.39, 0.29) is 11.0 Å². The van der Waals surface area contributed by atoms with Crippen LogP contribution in [0.5, 0.6) is 0 Å². The first-order chi connectivity index (χ1) is 13.9. The molecule has 2 heterocycles. The maximum absolute atomic E-state index is 12.5. The van der Waals surface area contributed by atoms with Gasteiger partial charge < -0.3 is 15.5 Å². The number of thiophene rings is 1. The number of hydrogen-bond acceptors (Lipinski definition) is 5. The van der Waals surface area contributed by atoms with E-state index in [9.17, 15) is 14.4 Å². The third-order valence-corrected chi connectivity index (χ3v) is 6.29. The molecule has 2 amide bonds. The highest BCUT2D eigenvalue weighted by Gasteiger charge is 2.26. The Morgan fingerprint density at radius 2 is 2.10 bits per heavy atom. The second kappa shape index (κ2) is 7.67. The topological polar surface area (TPSA) is 102 Å². The van der Waals surface area contributed by atoms with E-state index < -0.39 is 11.8 Å². The van der Waals surface area contributed by atoms with Crippen LogP contribution in [-0.4, -0.2) is 11.8 Å². The molecule has 1 aliphatic carbocycles. The van der Waals surface area contributed by atoms with E-state index in [0.717, 1.165) is 29.7 Å². The first kappa shape index (κ1) is 19.1. The van der Waals surface area contributed by atoms with Gasteiger partial charge in [0, 0.05) is 11.0 Å². The molecular formula is C22H20N2O4S. The van der Waals surface area contributed by atoms with Gasteiger partial charge in [0.25, 0.3) is 5.91 Å². The third kappa shape index (κ3) is 3.73. The summed E-state index contributed by atoms with van der Waals surface area (Å²) >= 11 is 1.40. The van der Waals surface area contributed by atoms with Crippen LogP contribution in [0.1, 0.15) is 39.7 Å². The Morgan fingerprint density at radius 1 is 1.31 bits per heavy atom. The normalized spacial score (nSPS) is 16.1. The average molecular weight is 408 g/mol. The molecule has 6 nitrogen and oxygen atoms in total. The fourth-order valence-corrected chi connectivity index (χ4v) is 5.05. The molecular weight excluding hydrogens is 388 g/mol. The number of anilines is 1. The van der Waals surface area contributed by atoms with Crippen molar-refractivity contribution in [2.75, 3.05) is 5.32 Å². The van der Waals surface area contributed by atoms with Crippen molar-refractivity contribution in [2.45, 2.75) is 26.2 Å². The van der Waals surface area contributed by atoms with Crippen molar-refractivity contribution in [1.29, 1.82) is 0 Å². The summed E-state index contributed by atoms with van der Waals surface area (Å²) < 4.78 is 5.45. The molecule has 1 atom stereocenters. The number of fused-ring (bicyclic) bond motifs is 2. The van der Waals surface area contributed by atoms with Crippen molar-refractivity contribution in [2.24, 2.45) is 11.7 Å². The predicted octanol–water partition coefficient (Wildman–Crippen LogP) is 3.73. The van der Waals surface area contributed by atoms with E-state index in [4.69, 9.17) is 10.2 Å². The number of primary amides is 1. The molecule has 0 spiro atoms. The number of carbonyl (C=O) groups excluding carboxylic acids is 2. The molecule has 0 fully saturated rings. The van der Waals surface area contributed by atoms with Crippen molar-refractivity contribution >= 4 is 45.2 Å². The van der Waals surface area contributed by atoms with Crippen LogP contribution in [0.25, 0.3) is 17.0 Å². The fourth-order valence-electron chi connectivity index (χ4n) is 3.63. The van der Waals surface area contributed by atoms with E-state index in [1.807, 2.05) is 0 Å². The maximum atomic E-state index is 12.5. The summed E-state index contributed by atoms with van der Waals surface area (Å²) in [5.41, 5.74) is 7.48. The molecule has 1 aromatic carbocycles. The molecule has 7 heteroatoms. The zero-order valence-corrected chi connectivity index (χ0v) is 16.7. The fraction of sp³-hybridized carbons (Fsp3) is 0.227. The highest BCUT2D eigenvalue weighted by Crippen LogP contribution is 2.39. The molecule has 1 aliphatic rings. The summed E-state index contributed by atoms with van der Waals surface area (Å²) in [6.07, 6.45) is 6.66. The van der Waals surface area contributed by atoms with Gasteiger partial charge in [-0.25, -0.2) is 0 Å². The minimum absolute atomic E-state index is 0.214. The third-order valence-electron chi connectivity index (χ3n) is 5.12. The molecule has 0 bridgehead atoms. The van der Waals surface area contributed by atoms with Gasteiger partial charge in [-0.2, -0.15) is 0 Å². The molecule has 29 heavy (non-hydrogen) atoms. The molecule has 2 aromatic heterocycles. The standard InChI is InChI=1S/C22H20N2O4S/c1-12-6-8-15-17(10-12)29-22(19(15)21(23)27)24-18(25)9-7-13-11-28-16-5-3-2-4-14(16)20(13)26/h2-5,7,9,11-12H,6,8,10H2,1H3,(H2,23,27)(H,24,25)/b9-7+. The van der Waals surface area contributed by atoms with Gasteiger partial charge >= 0.3 is 0 Å². The van der Waals surface area contributed by atoms with Crippen LogP contribution in [0, 0.1) is 5.92 Å². The summed E-state index contributed by atoms with van der Waals surface area (Å²) in [5.74, 6) is -0.435. The van der Waals surface area contributed by atoms with Crippen LogP contribution in [-0.2, 0) is 17.6 Å². The van der Waals surface area contributed by atoms with E-state index >= 15 is 0 Å². The number of carbonyl (C=O) groups is 2. The van der Waals surface area contributed by atoms with Crippen LogP contribution < -0.4 is 16.5 Å². The van der Waals surface area contributed by atoms with Crippen LogP contribution in [0.3, 0.4) is 0 Å². The van der Waals surface area contributed by atoms with E-state index in [2.05, 4.69) is 12.2 Å². The quantitative estimate of drug-likeness (QED) is 0.642. The van der Waals surface area contributed by atoms with Gasteiger partial charge in [0.1, 0.15) is 16.8 Å². The largest absolute Gasteiger partial charge is 0.463 e. The van der Waals surface area contributed by atoms with Crippen LogP contribution in [0.2, 0.25) is 0 Å². The molecule has 0 radical (unpaired) electrons. The monoisotopic (exact) mass is 408 g/mol. The molecule has 4 rings (SSSR count). The molecule has 3 aromatic rings. The number of amides is 2. The van der Waals surface area contributed by atoms with Gasteiger partial charge in [-0.15, -0.1) is 11.3 Å². The molecule has 0 aliphatic heterocycles. The second-order valence-corrected chi connectivity index (χ2v) is 8.36. The van der Waals surface area contributed by atoms with E-state index in [1.165, 1.54) is 29.8 Å². The van der Waals surface area contributed by atoms with Gasteiger partial charge in [-0.3, -0.25) is 14.4 Å². The number of rotatable bonds is 4. The minimum atomic E-state index is -0.536. The minimum Gasteiger partial charge on any atom is -0.463 e. The Kier molecular flexibility index (Phi) is 5.07. The Hall–Kier alpha value is -3.19. The number of benzene rings is 1. The van der Waals surface area contributed by atoms with Crippen LogP contribution >= 0.6 is 11.3 Å². The van der Waals surface area contributed by atoms with Gasteiger partial charge in [-0.1, -0.05) is 19.1 Å². The number of nitrogens with one attached hydrogen (secondary N) is 1. The summed E-state index contributed by atoms with van der Waals surface area (Å²) in [5, 5.41) is 3.67. The Balaban J connectivity index is 1.59. The molecule has 0 saturated carbocycles. The second-order valence-electron chi connectivity index (χ2n) is 7.26. The molecule has 0 saturated heterocycles. The first-order valence-electron chi connectivity index (χ1n) is 9.38. The smallest absolute Gasteiger partial charge is 0.251 e. The highest BCUT2D eigenvalue weighted by atomic mass is 32.1. The summed E-state index contributed by atoms with van der Waals surface area (Å²) in [4.78, 5) is 38.0.